The molecule has 424 valence electrons. The summed E-state index contributed by atoms with van der Waals surface area (Å²) in [6.45, 7) is 6.41. The molecule has 0 N–H and O–H groups in total. The number of benzene rings is 14. The van der Waals surface area contributed by atoms with E-state index in [1.54, 1.807) is 0 Å². The minimum atomic E-state index is 1.16. The van der Waals surface area contributed by atoms with Crippen molar-refractivity contribution in [3.05, 3.63) is 362 Å². The summed E-state index contributed by atoms with van der Waals surface area (Å²) >= 11 is 0. The minimum Gasteiger partial charge on any atom is -0.309 e. The van der Waals surface area contributed by atoms with Crippen LogP contribution in [0.15, 0.2) is 346 Å². The molecule has 16 aromatic rings. The molecule has 0 spiro atoms. The maximum Gasteiger partial charge on any atom is 0.0547 e. The van der Waals surface area contributed by atoms with Crippen LogP contribution in [0.2, 0.25) is 0 Å². The number of hydrogen-bond donors (Lipinski definition) is 0. The predicted molar refractivity (Wildman–Crippen MR) is 380 cm³/mol. The molecule has 14 aromatic carbocycles. The van der Waals surface area contributed by atoms with E-state index in [1.807, 2.05) is 0 Å². The Balaban J connectivity index is 0.000000132. The Morgan fingerprint density at radius 1 is 0.157 bits per heavy atom. The number of aryl methyl sites for hydroxylation is 3. The average Bonchev–Trinajstić information content (AvgIpc) is 1.89. The van der Waals surface area contributed by atoms with Crippen LogP contribution in [0.25, 0.3) is 133 Å². The molecule has 2 heteroatoms. The normalized spacial score (nSPS) is 11.1. The van der Waals surface area contributed by atoms with E-state index in [1.165, 1.54) is 144 Å². The van der Waals surface area contributed by atoms with Crippen LogP contribution >= 0.6 is 0 Å². The van der Waals surface area contributed by atoms with Crippen LogP contribution in [0.3, 0.4) is 0 Å². The van der Waals surface area contributed by atoms with Crippen LogP contribution in [0.1, 0.15) is 16.7 Å². The molecule has 2 aromatic heterocycles. The summed E-state index contributed by atoms with van der Waals surface area (Å²) in [5.74, 6) is 0. The van der Waals surface area contributed by atoms with Crippen molar-refractivity contribution in [1.29, 1.82) is 0 Å². The highest BCUT2D eigenvalue weighted by molar-refractivity contribution is 6.11. The molecule has 0 fully saturated rings. The van der Waals surface area contributed by atoms with Gasteiger partial charge in [-0.2, -0.15) is 0 Å². The highest BCUT2D eigenvalue weighted by Crippen LogP contribution is 2.38. The predicted octanol–water partition coefficient (Wildman–Crippen LogP) is 23.8. The van der Waals surface area contributed by atoms with E-state index in [2.05, 4.69) is 376 Å². The highest BCUT2D eigenvalue weighted by atomic mass is 15.0. The van der Waals surface area contributed by atoms with Gasteiger partial charge in [0.2, 0.25) is 0 Å². The maximum atomic E-state index is 2.40. The lowest BCUT2D eigenvalue weighted by Crippen LogP contribution is -1.95. The molecular formula is C87H66N2. The van der Waals surface area contributed by atoms with Crippen LogP contribution in [0, 0.1) is 20.8 Å². The molecule has 0 bridgehead atoms. The first-order chi connectivity index (χ1) is 43.8. The van der Waals surface area contributed by atoms with Gasteiger partial charge in [0.1, 0.15) is 0 Å². The molecule has 0 aliphatic heterocycles. The van der Waals surface area contributed by atoms with E-state index in [0.717, 1.165) is 5.69 Å². The first-order valence-corrected chi connectivity index (χ1v) is 30.7. The number of hydrogen-bond acceptors (Lipinski definition) is 0. The number of rotatable bonds is 9. The van der Waals surface area contributed by atoms with Gasteiger partial charge in [0, 0.05) is 32.9 Å². The van der Waals surface area contributed by atoms with Crippen LogP contribution in [0.5, 0.6) is 0 Å². The van der Waals surface area contributed by atoms with Gasteiger partial charge >= 0.3 is 0 Å². The first kappa shape index (κ1) is 55.5. The Kier molecular flexibility index (Phi) is 15.6. The maximum absolute atomic E-state index is 2.40. The second kappa shape index (κ2) is 24.9. The van der Waals surface area contributed by atoms with Gasteiger partial charge < -0.3 is 9.13 Å². The topological polar surface area (TPSA) is 9.86 Å². The van der Waals surface area contributed by atoms with Gasteiger partial charge in [0.25, 0.3) is 0 Å². The molecule has 2 heterocycles. The zero-order chi connectivity index (χ0) is 60.0. The first-order valence-electron chi connectivity index (χ1n) is 30.7. The Bertz CT molecular complexity index is 4910. The fourth-order valence-corrected chi connectivity index (χ4v) is 12.5. The molecule has 0 amide bonds. The zero-order valence-corrected chi connectivity index (χ0v) is 50.3. The molecule has 2 nitrogen and oxygen atoms in total. The standard InChI is InChI=1S/C43H30N2.C25H20.C19H16/c1-29-14-16-32(17-15-29)33-22-27-39-38-10-4-7-13-42(38)45(43(39)28-33)35-25-20-31(21-26-35)30-18-23-34(24-19-30)44-40-11-5-2-8-36(40)37-9-3-6-12-41(37)44;1-19-12-14-22(15-13-19)25-17-23(20-8-4-2-5-9-20)16-24(18-25)21-10-6-3-7-11-21;1-15-12-18(16-8-4-2-5-9-16)14-19(13-15)17-10-6-3-7-11-17/h2-28H,1H3;2-18H,1H3;2-14H,1H3. The lowest BCUT2D eigenvalue weighted by molar-refractivity contribution is 1.18. The van der Waals surface area contributed by atoms with E-state index < -0.39 is 0 Å². The van der Waals surface area contributed by atoms with E-state index in [9.17, 15) is 0 Å². The van der Waals surface area contributed by atoms with E-state index in [4.69, 9.17) is 0 Å². The summed E-state index contributed by atoms with van der Waals surface area (Å²) in [5.41, 5.74) is 28.5. The SMILES string of the molecule is Cc1cc(-c2ccccc2)cc(-c2ccccc2)c1.Cc1ccc(-c2cc(-c3ccccc3)cc(-c3ccccc3)c2)cc1.Cc1ccc(-c2ccc3c4ccccc4n(-c4ccc(-c5ccc(-n6c7ccccc7c7ccccc76)cc5)cc4)c3c2)cc1. The minimum absolute atomic E-state index is 1.16. The summed E-state index contributed by atoms with van der Waals surface area (Å²) in [6.07, 6.45) is 0. The van der Waals surface area contributed by atoms with E-state index >= 15 is 0 Å². The molecule has 0 aliphatic carbocycles. The van der Waals surface area contributed by atoms with Crippen LogP contribution in [0.4, 0.5) is 0 Å². The molecule has 0 aliphatic rings. The van der Waals surface area contributed by atoms with Crippen LogP contribution in [-0.4, -0.2) is 9.13 Å². The van der Waals surface area contributed by atoms with Gasteiger partial charge in [-0.15, -0.1) is 0 Å². The number of fused-ring (bicyclic) bond motifs is 6. The third-order valence-corrected chi connectivity index (χ3v) is 17.0. The largest absolute Gasteiger partial charge is 0.309 e. The Morgan fingerprint density at radius 2 is 0.404 bits per heavy atom. The Morgan fingerprint density at radius 3 is 0.764 bits per heavy atom. The fourth-order valence-electron chi connectivity index (χ4n) is 12.5. The number of aromatic nitrogens is 2. The summed E-state index contributed by atoms with van der Waals surface area (Å²) in [7, 11) is 0. The van der Waals surface area contributed by atoms with Crippen molar-refractivity contribution >= 4 is 43.6 Å². The van der Waals surface area contributed by atoms with Crippen molar-refractivity contribution in [1.82, 2.24) is 9.13 Å². The molecular weight excluding hydrogens is 1070 g/mol. The van der Waals surface area contributed by atoms with Gasteiger partial charge in [-0.3, -0.25) is 0 Å². The summed E-state index contributed by atoms with van der Waals surface area (Å²) in [5, 5.41) is 5.10. The number of para-hydroxylation sites is 3. The van der Waals surface area contributed by atoms with Crippen molar-refractivity contribution in [3.8, 4) is 89.3 Å². The van der Waals surface area contributed by atoms with Crippen LogP contribution < -0.4 is 0 Å². The van der Waals surface area contributed by atoms with Gasteiger partial charge in [0.05, 0.1) is 22.1 Å². The zero-order valence-electron chi connectivity index (χ0n) is 50.3. The van der Waals surface area contributed by atoms with Gasteiger partial charge in [-0.25, -0.2) is 0 Å². The Hall–Kier alpha value is -11.3. The lowest BCUT2D eigenvalue weighted by Gasteiger charge is -2.12. The third kappa shape index (κ3) is 11.8. The summed E-state index contributed by atoms with van der Waals surface area (Å²) in [6, 6.07) is 124. The number of nitrogens with zero attached hydrogens (tertiary/aromatic N) is 2. The van der Waals surface area contributed by atoms with Crippen molar-refractivity contribution in [2.75, 3.05) is 0 Å². The van der Waals surface area contributed by atoms with Crippen molar-refractivity contribution in [2.24, 2.45) is 0 Å². The summed E-state index contributed by atoms with van der Waals surface area (Å²) < 4.78 is 4.77. The monoisotopic (exact) mass is 1140 g/mol. The van der Waals surface area contributed by atoms with Gasteiger partial charge in [-0.05, 0) is 177 Å². The molecule has 0 atom stereocenters. The second-order valence-electron chi connectivity index (χ2n) is 23.1. The molecule has 16 rings (SSSR count). The summed E-state index contributed by atoms with van der Waals surface area (Å²) in [4.78, 5) is 0. The van der Waals surface area contributed by atoms with Gasteiger partial charge in [0.15, 0.2) is 0 Å². The highest BCUT2D eigenvalue weighted by Gasteiger charge is 2.16. The van der Waals surface area contributed by atoms with Crippen molar-refractivity contribution in [3.63, 3.8) is 0 Å². The Labute approximate surface area is 522 Å². The third-order valence-electron chi connectivity index (χ3n) is 17.0. The van der Waals surface area contributed by atoms with E-state index in [0.29, 0.717) is 0 Å². The molecule has 0 saturated carbocycles. The van der Waals surface area contributed by atoms with Crippen LogP contribution in [-0.2, 0) is 0 Å². The van der Waals surface area contributed by atoms with Crippen molar-refractivity contribution < 1.29 is 0 Å². The smallest absolute Gasteiger partial charge is 0.0547 e. The van der Waals surface area contributed by atoms with Gasteiger partial charge in [-0.1, -0.05) is 284 Å². The molecule has 0 radical (unpaired) electrons. The van der Waals surface area contributed by atoms with E-state index in [-0.39, 0.29) is 0 Å². The molecule has 89 heavy (non-hydrogen) atoms. The van der Waals surface area contributed by atoms with Crippen molar-refractivity contribution in [2.45, 2.75) is 20.8 Å². The lowest BCUT2D eigenvalue weighted by atomic mass is 9.93. The molecule has 0 saturated heterocycles. The fraction of sp³-hybridized carbons (Fsp3) is 0.0345. The molecule has 0 unspecified atom stereocenters. The second-order valence-corrected chi connectivity index (χ2v) is 23.1. The average molecular weight is 1140 g/mol. The quantitative estimate of drug-likeness (QED) is 0.136.